The second kappa shape index (κ2) is 3.02. The average molecular weight is 136 g/mol. The van der Waals surface area contributed by atoms with Crippen LogP contribution in [0.3, 0.4) is 0 Å². The molecule has 52 valence electrons. The van der Waals surface area contributed by atoms with E-state index >= 15 is 0 Å². The number of terminal acetylenes is 1. The minimum Gasteiger partial charge on any atom is -0.339 e. The number of hydrogen-bond acceptors (Lipinski definition) is 3. The van der Waals surface area contributed by atoms with E-state index in [1.54, 1.807) is 0 Å². The molecule has 0 saturated heterocycles. The number of rotatable bonds is 2. The zero-order valence-electron chi connectivity index (χ0n) is 5.74. The van der Waals surface area contributed by atoms with E-state index in [0.29, 0.717) is 12.3 Å². The lowest BCUT2D eigenvalue weighted by molar-refractivity contribution is 0.360. The summed E-state index contributed by atoms with van der Waals surface area (Å²) < 4.78 is 4.79. The lowest BCUT2D eigenvalue weighted by Crippen LogP contribution is -1.90. The van der Waals surface area contributed by atoms with E-state index < -0.39 is 0 Å². The van der Waals surface area contributed by atoms with Crippen molar-refractivity contribution >= 4 is 0 Å². The topological polar surface area (TPSA) is 38.9 Å². The van der Waals surface area contributed by atoms with E-state index in [4.69, 9.17) is 10.9 Å². The van der Waals surface area contributed by atoms with Gasteiger partial charge in [0.2, 0.25) is 5.89 Å². The van der Waals surface area contributed by atoms with Crippen LogP contribution in [-0.4, -0.2) is 10.1 Å². The molecule has 10 heavy (non-hydrogen) atoms. The van der Waals surface area contributed by atoms with Crippen LogP contribution in [0, 0.1) is 12.3 Å². The van der Waals surface area contributed by atoms with Crippen LogP contribution in [0.2, 0.25) is 0 Å². The second-order valence-corrected chi connectivity index (χ2v) is 2.09. The molecule has 0 radical (unpaired) electrons. The SMILES string of the molecule is C#CC[C@@H](C)c1ncno1. The highest BCUT2D eigenvalue weighted by molar-refractivity contribution is 4.96. The van der Waals surface area contributed by atoms with E-state index in [1.165, 1.54) is 6.33 Å². The van der Waals surface area contributed by atoms with Crippen LogP contribution >= 0.6 is 0 Å². The molecular weight excluding hydrogens is 128 g/mol. The van der Waals surface area contributed by atoms with Crippen LogP contribution in [0.5, 0.6) is 0 Å². The van der Waals surface area contributed by atoms with E-state index in [2.05, 4.69) is 16.1 Å². The Morgan fingerprint density at radius 2 is 2.70 bits per heavy atom. The molecule has 0 N–H and O–H groups in total. The number of nitrogens with zero attached hydrogens (tertiary/aromatic N) is 2. The summed E-state index contributed by atoms with van der Waals surface area (Å²) in [7, 11) is 0. The summed E-state index contributed by atoms with van der Waals surface area (Å²) in [6, 6.07) is 0. The molecule has 3 heteroatoms. The largest absolute Gasteiger partial charge is 0.339 e. The smallest absolute Gasteiger partial charge is 0.230 e. The molecule has 1 heterocycles. The van der Waals surface area contributed by atoms with Gasteiger partial charge in [0.1, 0.15) is 0 Å². The monoisotopic (exact) mass is 136 g/mol. The van der Waals surface area contributed by atoms with Crippen LogP contribution in [0.25, 0.3) is 0 Å². The Morgan fingerprint density at radius 3 is 3.20 bits per heavy atom. The van der Waals surface area contributed by atoms with E-state index in [0.717, 1.165) is 0 Å². The predicted octanol–water partition coefficient (Wildman–Crippen LogP) is 1.20. The van der Waals surface area contributed by atoms with Gasteiger partial charge in [0, 0.05) is 12.3 Å². The standard InChI is InChI=1S/C7H8N2O/c1-3-4-6(2)7-8-5-9-10-7/h1,5-6H,4H2,2H3/t6-/m1/s1. The molecule has 0 saturated carbocycles. The summed E-state index contributed by atoms with van der Waals surface area (Å²) in [6.45, 7) is 1.95. The fourth-order valence-corrected chi connectivity index (χ4v) is 0.663. The molecule has 1 aromatic rings. The van der Waals surface area contributed by atoms with Crippen molar-refractivity contribution in [1.82, 2.24) is 10.1 Å². The van der Waals surface area contributed by atoms with Gasteiger partial charge in [-0.05, 0) is 0 Å². The molecule has 0 fully saturated rings. The van der Waals surface area contributed by atoms with Gasteiger partial charge in [0.05, 0.1) is 0 Å². The molecule has 0 unspecified atom stereocenters. The van der Waals surface area contributed by atoms with E-state index in [-0.39, 0.29) is 5.92 Å². The van der Waals surface area contributed by atoms with Gasteiger partial charge in [0.15, 0.2) is 6.33 Å². The minimum absolute atomic E-state index is 0.174. The molecule has 0 aliphatic rings. The van der Waals surface area contributed by atoms with Gasteiger partial charge in [-0.15, -0.1) is 12.3 Å². The Balaban J connectivity index is 2.61. The second-order valence-electron chi connectivity index (χ2n) is 2.09. The van der Waals surface area contributed by atoms with Gasteiger partial charge in [-0.2, -0.15) is 4.98 Å². The van der Waals surface area contributed by atoms with Gasteiger partial charge >= 0.3 is 0 Å². The molecule has 1 atom stereocenters. The maximum Gasteiger partial charge on any atom is 0.230 e. The zero-order chi connectivity index (χ0) is 7.40. The Bertz CT molecular complexity index is 222. The van der Waals surface area contributed by atoms with Crippen LogP contribution < -0.4 is 0 Å². The third-order valence-electron chi connectivity index (χ3n) is 1.22. The van der Waals surface area contributed by atoms with Crippen molar-refractivity contribution < 1.29 is 4.52 Å². The Labute approximate surface area is 59.4 Å². The Hall–Kier alpha value is -1.30. The zero-order valence-corrected chi connectivity index (χ0v) is 5.74. The first-order chi connectivity index (χ1) is 4.84. The van der Waals surface area contributed by atoms with Gasteiger partial charge in [0.25, 0.3) is 0 Å². The van der Waals surface area contributed by atoms with Gasteiger partial charge < -0.3 is 4.52 Å². The Morgan fingerprint density at radius 1 is 1.90 bits per heavy atom. The maximum absolute atomic E-state index is 5.10. The highest BCUT2D eigenvalue weighted by Gasteiger charge is 2.08. The minimum atomic E-state index is 0.174. The third-order valence-corrected chi connectivity index (χ3v) is 1.22. The van der Waals surface area contributed by atoms with Crippen molar-refractivity contribution in [3.63, 3.8) is 0 Å². The van der Waals surface area contributed by atoms with Crippen molar-refractivity contribution in [2.45, 2.75) is 19.3 Å². The lowest BCUT2D eigenvalue weighted by Gasteiger charge is -1.97. The molecule has 1 aromatic heterocycles. The number of aromatic nitrogens is 2. The summed E-state index contributed by atoms with van der Waals surface area (Å²) in [5.74, 6) is 3.31. The van der Waals surface area contributed by atoms with Crippen LogP contribution in [0.15, 0.2) is 10.9 Å². The first-order valence-electron chi connectivity index (χ1n) is 3.04. The van der Waals surface area contributed by atoms with E-state index in [9.17, 15) is 0 Å². The molecule has 0 aliphatic carbocycles. The summed E-state index contributed by atoms with van der Waals surface area (Å²) in [6.07, 6.45) is 7.11. The fraction of sp³-hybridized carbons (Fsp3) is 0.429. The van der Waals surface area contributed by atoms with Crippen molar-refractivity contribution in [2.75, 3.05) is 0 Å². The summed E-state index contributed by atoms with van der Waals surface area (Å²) in [4.78, 5) is 3.86. The van der Waals surface area contributed by atoms with E-state index in [1.807, 2.05) is 6.92 Å². The highest BCUT2D eigenvalue weighted by Crippen LogP contribution is 2.13. The fourth-order valence-electron chi connectivity index (χ4n) is 0.663. The first-order valence-corrected chi connectivity index (χ1v) is 3.04. The first kappa shape index (κ1) is 6.81. The summed E-state index contributed by atoms with van der Waals surface area (Å²) in [5, 5.41) is 3.47. The Kier molecular flexibility index (Phi) is 2.06. The normalized spacial score (nSPS) is 12.4. The van der Waals surface area contributed by atoms with Gasteiger partial charge in [-0.1, -0.05) is 12.1 Å². The average Bonchev–Trinajstić information content (AvgIpc) is 2.38. The lowest BCUT2D eigenvalue weighted by atomic mass is 10.1. The van der Waals surface area contributed by atoms with Crippen molar-refractivity contribution in [1.29, 1.82) is 0 Å². The van der Waals surface area contributed by atoms with Crippen LogP contribution in [0.4, 0.5) is 0 Å². The van der Waals surface area contributed by atoms with Crippen LogP contribution in [-0.2, 0) is 0 Å². The molecular formula is C7H8N2O. The predicted molar refractivity (Wildman–Crippen MR) is 36.2 cm³/mol. The molecule has 1 rings (SSSR count). The third kappa shape index (κ3) is 1.35. The van der Waals surface area contributed by atoms with Crippen molar-refractivity contribution in [3.8, 4) is 12.3 Å². The summed E-state index contributed by atoms with van der Waals surface area (Å²) >= 11 is 0. The molecule has 0 aliphatic heterocycles. The highest BCUT2D eigenvalue weighted by atomic mass is 16.5. The molecule has 3 nitrogen and oxygen atoms in total. The maximum atomic E-state index is 5.10. The molecule has 0 amide bonds. The quantitative estimate of drug-likeness (QED) is 0.573. The van der Waals surface area contributed by atoms with Crippen molar-refractivity contribution in [2.24, 2.45) is 0 Å². The van der Waals surface area contributed by atoms with Crippen LogP contribution in [0.1, 0.15) is 25.2 Å². The number of hydrogen-bond donors (Lipinski definition) is 0. The molecule has 0 spiro atoms. The molecule has 0 bridgehead atoms. The van der Waals surface area contributed by atoms with Gasteiger partial charge in [-0.25, -0.2) is 0 Å². The van der Waals surface area contributed by atoms with Crippen molar-refractivity contribution in [3.05, 3.63) is 12.2 Å². The van der Waals surface area contributed by atoms with Gasteiger partial charge in [-0.3, -0.25) is 0 Å². The molecule has 0 aromatic carbocycles. The summed E-state index contributed by atoms with van der Waals surface area (Å²) in [5.41, 5.74) is 0.